The van der Waals surface area contributed by atoms with Gasteiger partial charge in [-0.3, -0.25) is 0 Å². The van der Waals surface area contributed by atoms with Crippen LogP contribution >= 0.6 is 18.6 Å². The molecule has 0 atom stereocenters. The molecular weight excluding hydrogens is 467 g/mol. The summed E-state index contributed by atoms with van der Waals surface area (Å²) in [5.41, 5.74) is 1.83. The van der Waals surface area contributed by atoms with Crippen molar-refractivity contribution in [3.8, 4) is 0 Å². The van der Waals surface area contributed by atoms with Crippen LogP contribution in [0.3, 0.4) is 0 Å². The zero-order valence-electron chi connectivity index (χ0n) is 19.4. The monoisotopic (exact) mass is 494 g/mol. The lowest BCUT2D eigenvalue weighted by Crippen LogP contribution is -2.38. The maximum absolute atomic E-state index is 6.77. The Kier molecular flexibility index (Phi) is 5.14. The summed E-state index contributed by atoms with van der Waals surface area (Å²) in [6.45, 7) is 14.2. The van der Waals surface area contributed by atoms with Gasteiger partial charge in [0.2, 0.25) is 0 Å². The Morgan fingerprint density at radius 3 is 1.38 bits per heavy atom. The molecular formula is C26H28ClO2PSi2. The van der Waals surface area contributed by atoms with Crippen LogP contribution in [0.25, 0.3) is 43.5 Å². The minimum Gasteiger partial charge on any atom is -0.408 e. The Labute approximate surface area is 196 Å². The van der Waals surface area contributed by atoms with Crippen molar-refractivity contribution in [2.75, 3.05) is 0 Å². The standard InChI is InChI=1S/C26H28ClO2PSi2/c1-31(2,3)21-15-17-11-7-9-13-19(17)23-24-20-14-10-8-12-18(20)16-22(32(4,5)6)26(24)29-30(27)28-25(21)23/h7-16H,1-6H3. The molecule has 0 aliphatic carbocycles. The zero-order valence-corrected chi connectivity index (χ0v) is 23.1. The second kappa shape index (κ2) is 7.53. The van der Waals surface area contributed by atoms with Crippen molar-refractivity contribution in [3.63, 3.8) is 0 Å². The molecule has 0 bridgehead atoms. The van der Waals surface area contributed by atoms with Gasteiger partial charge in [0.15, 0.2) is 0 Å². The highest BCUT2D eigenvalue weighted by Crippen LogP contribution is 2.42. The van der Waals surface area contributed by atoms with Gasteiger partial charge in [-0.25, -0.2) is 0 Å². The van der Waals surface area contributed by atoms with E-state index in [2.05, 4.69) is 99.9 Å². The second-order valence-electron chi connectivity index (χ2n) is 10.6. The average molecular weight is 495 g/mol. The summed E-state index contributed by atoms with van der Waals surface area (Å²) < 4.78 is 13.0. The quantitative estimate of drug-likeness (QED) is 0.229. The lowest BCUT2D eigenvalue weighted by Gasteiger charge is -2.20. The summed E-state index contributed by atoms with van der Waals surface area (Å²) in [6, 6.07) is 21.9. The van der Waals surface area contributed by atoms with Gasteiger partial charge >= 0.3 is 7.37 Å². The summed E-state index contributed by atoms with van der Waals surface area (Å²) in [5, 5.41) is 9.71. The first-order chi connectivity index (χ1) is 15.1. The Hall–Kier alpha value is -1.98. The Morgan fingerprint density at radius 1 is 0.625 bits per heavy atom. The van der Waals surface area contributed by atoms with E-state index in [4.69, 9.17) is 19.6 Å². The summed E-state index contributed by atoms with van der Waals surface area (Å²) in [6.07, 6.45) is 0. The number of hydrogen-bond donors (Lipinski definition) is 0. The molecule has 0 spiro atoms. The molecule has 5 rings (SSSR count). The van der Waals surface area contributed by atoms with E-state index in [1.165, 1.54) is 31.9 Å². The number of benzene rings is 4. The van der Waals surface area contributed by atoms with Gasteiger partial charge in [0.05, 0.1) is 16.1 Å². The minimum atomic E-state index is -1.74. The van der Waals surface area contributed by atoms with Crippen LogP contribution in [-0.4, -0.2) is 16.1 Å². The molecule has 6 heteroatoms. The van der Waals surface area contributed by atoms with E-state index in [1.807, 2.05) is 0 Å². The SMILES string of the molecule is C[Si](C)(C)c1cc2ccccc2c2c1op(Cl)oc1c([Si](C)(C)C)cc3ccccc3c12. The summed E-state index contributed by atoms with van der Waals surface area (Å²) >= 11 is 6.77. The molecule has 0 unspecified atom stereocenters. The van der Waals surface area contributed by atoms with Crippen LogP contribution in [-0.2, 0) is 0 Å². The molecule has 0 N–H and O–H groups in total. The molecule has 1 aromatic heterocycles. The van der Waals surface area contributed by atoms with Crippen LogP contribution in [0.15, 0.2) is 69.1 Å². The third-order valence-corrected chi connectivity index (χ3v) is 11.2. The van der Waals surface area contributed by atoms with Gasteiger partial charge < -0.3 is 8.39 Å². The molecule has 0 amide bonds. The molecule has 32 heavy (non-hydrogen) atoms. The molecule has 2 nitrogen and oxygen atoms in total. The highest BCUT2D eigenvalue weighted by Gasteiger charge is 2.27. The van der Waals surface area contributed by atoms with Crippen molar-refractivity contribution in [2.45, 2.75) is 39.3 Å². The Bertz CT molecular complexity index is 1440. The highest BCUT2D eigenvalue weighted by atomic mass is 35.7. The van der Waals surface area contributed by atoms with Gasteiger partial charge in [0.1, 0.15) is 11.2 Å². The number of rotatable bonds is 2. The number of fused-ring (bicyclic) bond motifs is 7. The van der Waals surface area contributed by atoms with Gasteiger partial charge in [-0.1, -0.05) is 99.9 Å². The molecule has 0 fully saturated rings. The van der Waals surface area contributed by atoms with E-state index >= 15 is 0 Å². The van der Waals surface area contributed by atoms with E-state index in [0.717, 1.165) is 21.9 Å². The van der Waals surface area contributed by atoms with Crippen molar-refractivity contribution in [3.05, 3.63) is 60.7 Å². The molecule has 4 aromatic carbocycles. The van der Waals surface area contributed by atoms with Crippen molar-refractivity contribution in [2.24, 2.45) is 0 Å². The number of halogens is 1. The minimum absolute atomic E-state index is 0.917. The first kappa shape index (κ1) is 21.8. The lowest BCUT2D eigenvalue weighted by atomic mass is 9.98. The molecule has 0 aliphatic rings. The van der Waals surface area contributed by atoms with Crippen LogP contribution in [0.2, 0.25) is 39.3 Å². The van der Waals surface area contributed by atoms with Crippen LogP contribution in [0.1, 0.15) is 0 Å². The van der Waals surface area contributed by atoms with Gasteiger partial charge in [-0.15, -0.1) is 0 Å². The summed E-state index contributed by atoms with van der Waals surface area (Å²) in [5.74, 6) is 0. The van der Waals surface area contributed by atoms with Crippen molar-refractivity contribution in [1.29, 1.82) is 0 Å². The summed E-state index contributed by atoms with van der Waals surface area (Å²) in [4.78, 5) is 0. The molecule has 1 heterocycles. The third-order valence-electron chi connectivity index (χ3n) is 6.20. The lowest BCUT2D eigenvalue weighted by molar-refractivity contribution is 0.659. The fourth-order valence-electron chi connectivity index (χ4n) is 4.62. The van der Waals surface area contributed by atoms with E-state index in [0.29, 0.717) is 0 Å². The zero-order chi connectivity index (χ0) is 22.8. The first-order valence-corrected chi connectivity index (χ1v) is 20.1. The normalized spacial score (nSPS) is 12.8. The maximum atomic E-state index is 6.77. The molecule has 164 valence electrons. The van der Waals surface area contributed by atoms with E-state index in [-0.39, 0.29) is 0 Å². The Morgan fingerprint density at radius 2 is 1.00 bits per heavy atom. The van der Waals surface area contributed by atoms with Crippen LogP contribution in [0.4, 0.5) is 0 Å². The second-order valence-corrected chi connectivity index (χ2v) is 22.3. The van der Waals surface area contributed by atoms with Crippen molar-refractivity contribution >= 4 is 88.6 Å². The molecule has 0 aliphatic heterocycles. The maximum Gasteiger partial charge on any atom is 0.327 e. The van der Waals surface area contributed by atoms with Crippen molar-refractivity contribution in [1.82, 2.24) is 0 Å². The molecule has 0 saturated heterocycles. The smallest absolute Gasteiger partial charge is 0.327 e. The van der Waals surface area contributed by atoms with E-state index < -0.39 is 23.5 Å². The third kappa shape index (κ3) is 3.54. The molecule has 0 saturated carbocycles. The fraction of sp³-hybridized carbons (Fsp3) is 0.231. The topological polar surface area (TPSA) is 26.3 Å². The van der Waals surface area contributed by atoms with Crippen LogP contribution in [0.5, 0.6) is 0 Å². The van der Waals surface area contributed by atoms with Gasteiger partial charge in [0, 0.05) is 22.0 Å². The number of hydrogen-bond acceptors (Lipinski definition) is 2. The van der Waals surface area contributed by atoms with Crippen molar-refractivity contribution < 1.29 is 8.39 Å². The highest BCUT2D eigenvalue weighted by molar-refractivity contribution is 7.68. The van der Waals surface area contributed by atoms with Gasteiger partial charge in [-0.05, 0) is 31.9 Å². The van der Waals surface area contributed by atoms with E-state index in [1.54, 1.807) is 0 Å². The van der Waals surface area contributed by atoms with Crippen LogP contribution in [0, 0.1) is 0 Å². The van der Waals surface area contributed by atoms with Crippen LogP contribution < -0.4 is 10.4 Å². The largest absolute Gasteiger partial charge is 0.408 e. The summed E-state index contributed by atoms with van der Waals surface area (Å²) in [7, 11) is -5.09. The predicted molar refractivity (Wildman–Crippen MR) is 149 cm³/mol. The fourth-order valence-corrected chi connectivity index (χ4v) is 8.80. The van der Waals surface area contributed by atoms with E-state index in [9.17, 15) is 0 Å². The predicted octanol–water partition coefficient (Wildman–Crippen LogP) is 8.69. The average Bonchev–Trinajstić information content (AvgIpc) is 2.87. The molecule has 0 radical (unpaired) electrons. The van der Waals surface area contributed by atoms with Gasteiger partial charge in [-0.2, -0.15) is 0 Å². The molecule has 5 aromatic rings. The first-order valence-electron chi connectivity index (χ1n) is 11.0. The Balaban J connectivity index is 2.25. The van der Waals surface area contributed by atoms with Gasteiger partial charge in [0.25, 0.3) is 0 Å².